The molecule has 1 aliphatic rings. The molecule has 23 heavy (non-hydrogen) atoms. The maximum absolute atomic E-state index is 12.4. The molecule has 1 aromatic rings. The van der Waals surface area contributed by atoms with Crippen LogP contribution >= 0.6 is 0 Å². The number of hydrogen-bond acceptors (Lipinski definition) is 5. The second-order valence-electron chi connectivity index (χ2n) is 5.59. The largest absolute Gasteiger partial charge is 0.341 e. The van der Waals surface area contributed by atoms with Crippen molar-refractivity contribution in [2.24, 2.45) is 0 Å². The SMILES string of the molecule is CC(NC(=O)c1cccc([N+](=O)[O-])c1)C(=O)N1CCNCC1C. The number of benzene rings is 1. The Morgan fingerprint density at radius 2 is 2.22 bits per heavy atom. The molecule has 0 aliphatic carbocycles. The third-order valence-electron chi connectivity index (χ3n) is 3.82. The van der Waals surface area contributed by atoms with E-state index in [-0.39, 0.29) is 23.2 Å². The summed E-state index contributed by atoms with van der Waals surface area (Å²) < 4.78 is 0. The van der Waals surface area contributed by atoms with Gasteiger partial charge in [0.1, 0.15) is 6.04 Å². The summed E-state index contributed by atoms with van der Waals surface area (Å²) in [6, 6.07) is 4.80. The Balaban J connectivity index is 2.03. The number of rotatable bonds is 4. The van der Waals surface area contributed by atoms with Crippen LogP contribution in [0, 0.1) is 10.1 Å². The van der Waals surface area contributed by atoms with Crippen molar-refractivity contribution in [1.29, 1.82) is 0 Å². The summed E-state index contributed by atoms with van der Waals surface area (Å²) in [4.78, 5) is 36.5. The van der Waals surface area contributed by atoms with Crippen molar-refractivity contribution in [1.82, 2.24) is 15.5 Å². The van der Waals surface area contributed by atoms with Crippen molar-refractivity contribution < 1.29 is 14.5 Å². The van der Waals surface area contributed by atoms with Crippen molar-refractivity contribution in [3.63, 3.8) is 0 Å². The number of piperazine rings is 1. The number of amides is 2. The van der Waals surface area contributed by atoms with E-state index >= 15 is 0 Å². The molecule has 2 rings (SSSR count). The number of nitro groups is 1. The second-order valence-corrected chi connectivity index (χ2v) is 5.59. The number of nitrogens with zero attached hydrogens (tertiary/aromatic N) is 2. The minimum atomic E-state index is -0.692. The van der Waals surface area contributed by atoms with Gasteiger partial charge in [-0.25, -0.2) is 0 Å². The standard InChI is InChI=1S/C15H20N4O4/c1-10-9-16-6-7-18(10)15(21)11(2)17-14(20)12-4-3-5-13(8-12)19(22)23/h3-5,8,10-11,16H,6-7,9H2,1-2H3,(H,17,20). The summed E-state index contributed by atoms with van der Waals surface area (Å²) in [5.74, 6) is -0.657. The van der Waals surface area contributed by atoms with E-state index in [1.807, 2.05) is 6.92 Å². The average molecular weight is 320 g/mol. The summed E-state index contributed by atoms with van der Waals surface area (Å²) in [6.07, 6.45) is 0. The third-order valence-corrected chi connectivity index (χ3v) is 3.82. The lowest BCUT2D eigenvalue weighted by atomic mass is 10.1. The highest BCUT2D eigenvalue weighted by atomic mass is 16.6. The summed E-state index contributed by atoms with van der Waals surface area (Å²) in [6.45, 7) is 5.60. The fourth-order valence-electron chi connectivity index (χ4n) is 2.52. The van der Waals surface area contributed by atoms with E-state index in [1.165, 1.54) is 24.3 Å². The Morgan fingerprint density at radius 1 is 1.48 bits per heavy atom. The van der Waals surface area contributed by atoms with Crippen LogP contribution in [0.3, 0.4) is 0 Å². The smallest absolute Gasteiger partial charge is 0.270 e. The van der Waals surface area contributed by atoms with Crippen molar-refractivity contribution in [2.75, 3.05) is 19.6 Å². The van der Waals surface area contributed by atoms with E-state index in [0.29, 0.717) is 6.54 Å². The maximum atomic E-state index is 12.4. The molecule has 1 aromatic carbocycles. The molecule has 8 heteroatoms. The van der Waals surface area contributed by atoms with E-state index in [1.54, 1.807) is 11.8 Å². The zero-order valence-corrected chi connectivity index (χ0v) is 13.1. The highest BCUT2D eigenvalue weighted by molar-refractivity contribution is 5.97. The van der Waals surface area contributed by atoms with E-state index in [9.17, 15) is 19.7 Å². The van der Waals surface area contributed by atoms with Gasteiger partial charge in [-0.15, -0.1) is 0 Å². The van der Waals surface area contributed by atoms with Crippen molar-refractivity contribution in [3.8, 4) is 0 Å². The van der Waals surface area contributed by atoms with Crippen molar-refractivity contribution in [2.45, 2.75) is 25.9 Å². The lowest BCUT2D eigenvalue weighted by molar-refractivity contribution is -0.384. The topological polar surface area (TPSA) is 105 Å². The molecule has 2 amide bonds. The number of nitrogens with one attached hydrogen (secondary N) is 2. The van der Waals surface area contributed by atoms with Crippen molar-refractivity contribution >= 4 is 17.5 Å². The van der Waals surface area contributed by atoms with Gasteiger partial charge in [-0.1, -0.05) is 6.07 Å². The predicted octanol–water partition coefficient (Wildman–Crippen LogP) is 0.533. The highest BCUT2D eigenvalue weighted by Gasteiger charge is 2.28. The number of nitro benzene ring substituents is 1. The highest BCUT2D eigenvalue weighted by Crippen LogP contribution is 2.13. The average Bonchev–Trinajstić information content (AvgIpc) is 2.54. The first kappa shape index (κ1) is 16.9. The molecular formula is C15H20N4O4. The molecule has 1 heterocycles. The van der Waals surface area contributed by atoms with Crippen LogP contribution in [-0.4, -0.2) is 53.4 Å². The Morgan fingerprint density at radius 3 is 2.87 bits per heavy atom. The Kier molecular flexibility index (Phi) is 5.28. The van der Waals surface area contributed by atoms with Gasteiger partial charge in [0.15, 0.2) is 0 Å². The summed E-state index contributed by atoms with van der Waals surface area (Å²) in [5.41, 5.74) is -0.000402. The normalized spacial score (nSPS) is 19.0. The number of carbonyl (C=O) groups excluding carboxylic acids is 2. The van der Waals surface area contributed by atoms with Crippen LogP contribution in [0.15, 0.2) is 24.3 Å². The molecule has 2 N–H and O–H groups in total. The quantitative estimate of drug-likeness (QED) is 0.622. The minimum Gasteiger partial charge on any atom is -0.341 e. The first-order chi connectivity index (χ1) is 10.9. The van der Waals surface area contributed by atoms with E-state index in [2.05, 4.69) is 10.6 Å². The molecule has 0 radical (unpaired) electrons. The fraction of sp³-hybridized carbons (Fsp3) is 0.467. The van der Waals surface area contributed by atoms with Gasteiger partial charge in [0.2, 0.25) is 5.91 Å². The van der Waals surface area contributed by atoms with Gasteiger partial charge in [-0.2, -0.15) is 0 Å². The molecule has 0 aromatic heterocycles. The van der Waals surface area contributed by atoms with Crippen LogP contribution in [0.2, 0.25) is 0 Å². The Bertz CT molecular complexity index is 619. The van der Waals surface area contributed by atoms with Gasteiger partial charge in [0.05, 0.1) is 4.92 Å². The van der Waals surface area contributed by atoms with Gasteiger partial charge in [0.25, 0.3) is 11.6 Å². The van der Waals surface area contributed by atoms with Crippen LogP contribution in [0.25, 0.3) is 0 Å². The number of hydrogen-bond donors (Lipinski definition) is 2. The van der Waals surface area contributed by atoms with Gasteiger partial charge in [-0.05, 0) is 19.9 Å². The summed E-state index contributed by atoms with van der Waals surface area (Å²) in [7, 11) is 0. The molecule has 0 spiro atoms. The van der Waals surface area contributed by atoms with Crippen molar-refractivity contribution in [3.05, 3.63) is 39.9 Å². The van der Waals surface area contributed by atoms with Gasteiger partial charge in [-0.3, -0.25) is 19.7 Å². The molecule has 1 aliphatic heterocycles. The molecule has 1 fully saturated rings. The third kappa shape index (κ3) is 4.04. The lowest BCUT2D eigenvalue weighted by Crippen LogP contribution is -2.57. The molecule has 8 nitrogen and oxygen atoms in total. The minimum absolute atomic E-state index is 0.0633. The summed E-state index contributed by atoms with van der Waals surface area (Å²) >= 11 is 0. The van der Waals surface area contributed by atoms with Gasteiger partial charge in [0, 0.05) is 43.4 Å². The van der Waals surface area contributed by atoms with Crippen LogP contribution < -0.4 is 10.6 Å². The maximum Gasteiger partial charge on any atom is 0.270 e. The lowest BCUT2D eigenvalue weighted by Gasteiger charge is -2.35. The molecule has 0 bridgehead atoms. The molecule has 2 unspecified atom stereocenters. The predicted molar refractivity (Wildman–Crippen MR) is 84.1 cm³/mol. The molecule has 0 saturated carbocycles. The molecular weight excluding hydrogens is 300 g/mol. The van der Waals surface area contributed by atoms with Gasteiger partial charge >= 0.3 is 0 Å². The second kappa shape index (κ2) is 7.19. The fourth-order valence-corrected chi connectivity index (χ4v) is 2.52. The zero-order chi connectivity index (χ0) is 17.0. The van der Waals surface area contributed by atoms with E-state index in [4.69, 9.17) is 0 Å². The zero-order valence-electron chi connectivity index (χ0n) is 13.1. The molecule has 1 saturated heterocycles. The van der Waals surface area contributed by atoms with E-state index in [0.717, 1.165) is 13.1 Å². The Hall–Kier alpha value is -2.48. The first-order valence-electron chi connectivity index (χ1n) is 7.46. The van der Waals surface area contributed by atoms with Crippen LogP contribution in [0.4, 0.5) is 5.69 Å². The van der Waals surface area contributed by atoms with Crippen LogP contribution in [-0.2, 0) is 4.79 Å². The van der Waals surface area contributed by atoms with Crippen LogP contribution in [0.1, 0.15) is 24.2 Å². The number of non-ortho nitro benzene ring substituents is 1. The molecule has 2 atom stereocenters. The Labute approximate surface area is 134 Å². The summed E-state index contributed by atoms with van der Waals surface area (Å²) in [5, 5.41) is 16.6. The van der Waals surface area contributed by atoms with E-state index < -0.39 is 16.9 Å². The molecule has 124 valence electrons. The first-order valence-corrected chi connectivity index (χ1v) is 7.46. The number of carbonyl (C=O) groups is 2. The van der Waals surface area contributed by atoms with Gasteiger partial charge < -0.3 is 15.5 Å². The monoisotopic (exact) mass is 320 g/mol. The van der Waals surface area contributed by atoms with Crippen LogP contribution in [0.5, 0.6) is 0 Å².